The number of anilines is 1. The van der Waals surface area contributed by atoms with Gasteiger partial charge in [0.15, 0.2) is 0 Å². The van der Waals surface area contributed by atoms with Gasteiger partial charge in [-0.05, 0) is 47.2 Å². The van der Waals surface area contributed by atoms with Crippen LogP contribution in [0.5, 0.6) is 0 Å². The van der Waals surface area contributed by atoms with E-state index in [0.717, 1.165) is 16.9 Å². The number of hydrogen-bond acceptors (Lipinski definition) is 2. The highest BCUT2D eigenvalue weighted by molar-refractivity contribution is 5.75. The minimum Gasteiger partial charge on any atom is -0.402 e. The van der Waals surface area contributed by atoms with Gasteiger partial charge in [0, 0.05) is 17.3 Å². The van der Waals surface area contributed by atoms with E-state index in [0.29, 0.717) is 5.92 Å². The quantitative estimate of drug-likeness (QED) is 0.741. The van der Waals surface area contributed by atoms with Crippen molar-refractivity contribution in [2.45, 2.75) is 27.7 Å². The average Bonchev–Trinajstić information content (AvgIpc) is 2.30. The Balaban J connectivity index is 2.53. The monoisotopic (exact) mass is 242 g/mol. The molecule has 96 valence electrons. The molecule has 18 heavy (non-hydrogen) atoms. The highest BCUT2D eigenvalue weighted by atomic mass is 14.6. The van der Waals surface area contributed by atoms with Gasteiger partial charge in [-0.25, -0.2) is 0 Å². The van der Waals surface area contributed by atoms with Gasteiger partial charge in [-0.1, -0.05) is 32.9 Å². The number of nitrogen functional groups attached to an aromatic ring is 1. The minimum absolute atomic E-state index is 0.0430. The Morgan fingerprint density at radius 2 is 1.78 bits per heavy atom. The topological polar surface area (TPSA) is 52.0 Å². The van der Waals surface area contributed by atoms with Crippen LogP contribution < -0.4 is 11.5 Å². The molecule has 0 radical (unpaired) electrons. The molecule has 1 aliphatic rings. The van der Waals surface area contributed by atoms with Gasteiger partial charge in [-0.2, -0.15) is 0 Å². The fourth-order valence-electron chi connectivity index (χ4n) is 2.50. The van der Waals surface area contributed by atoms with Crippen LogP contribution in [0.25, 0.3) is 5.57 Å². The van der Waals surface area contributed by atoms with Crippen LogP contribution in [-0.4, -0.2) is 0 Å². The minimum atomic E-state index is 0.0430. The van der Waals surface area contributed by atoms with Crippen LogP contribution >= 0.6 is 0 Å². The van der Waals surface area contributed by atoms with Crippen LogP contribution in [0.3, 0.4) is 0 Å². The zero-order valence-corrected chi connectivity index (χ0v) is 11.6. The van der Waals surface area contributed by atoms with E-state index in [2.05, 4.69) is 39.0 Å². The van der Waals surface area contributed by atoms with E-state index in [4.69, 9.17) is 11.5 Å². The highest BCUT2D eigenvalue weighted by Crippen LogP contribution is 2.45. The predicted molar refractivity (Wildman–Crippen MR) is 78.8 cm³/mol. The van der Waals surface area contributed by atoms with E-state index in [1.165, 1.54) is 11.1 Å². The third-order valence-electron chi connectivity index (χ3n) is 4.30. The second-order valence-electron chi connectivity index (χ2n) is 5.76. The zero-order valence-electron chi connectivity index (χ0n) is 11.6. The summed E-state index contributed by atoms with van der Waals surface area (Å²) in [4.78, 5) is 0. The summed E-state index contributed by atoms with van der Waals surface area (Å²) >= 11 is 0. The second kappa shape index (κ2) is 4.20. The van der Waals surface area contributed by atoms with Crippen LogP contribution in [-0.2, 0) is 0 Å². The average molecular weight is 242 g/mol. The Morgan fingerprint density at radius 3 is 2.39 bits per heavy atom. The van der Waals surface area contributed by atoms with Crippen LogP contribution in [0.1, 0.15) is 31.9 Å². The summed E-state index contributed by atoms with van der Waals surface area (Å²) in [5.41, 5.74) is 17.5. The molecule has 0 saturated heterocycles. The molecular weight excluding hydrogens is 220 g/mol. The number of aryl methyl sites for hydroxylation is 1. The lowest BCUT2D eigenvalue weighted by atomic mass is 9.67. The number of hydrogen-bond donors (Lipinski definition) is 2. The Kier molecular flexibility index (Phi) is 2.97. The first-order chi connectivity index (χ1) is 8.34. The third-order valence-corrected chi connectivity index (χ3v) is 4.30. The standard InChI is InChI=1S/C16H22N2/c1-10-9-12(5-7-14(10)17)13-6-8-15(18)11(2)16(13,3)4/h5-9,11H,17-18H2,1-4H3. The zero-order chi connectivity index (χ0) is 13.5. The van der Waals surface area contributed by atoms with Gasteiger partial charge >= 0.3 is 0 Å². The predicted octanol–water partition coefficient (Wildman–Crippen LogP) is 3.48. The fourth-order valence-corrected chi connectivity index (χ4v) is 2.50. The Morgan fingerprint density at radius 1 is 1.11 bits per heavy atom. The molecule has 0 aliphatic heterocycles. The molecule has 4 N–H and O–H groups in total. The molecule has 2 nitrogen and oxygen atoms in total. The fraction of sp³-hybridized carbons (Fsp3) is 0.375. The summed E-state index contributed by atoms with van der Waals surface area (Å²) in [5.74, 6) is 0.343. The van der Waals surface area contributed by atoms with Crippen molar-refractivity contribution in [3.8, 4) is 0 Å². The molecule has 0 fully saturated rings. The molecule has 0 aromatic heterocycles. The van der Waals surface area contributed by atoms with Gasteiger partial charge in [-0.15, -0.1) is 0 Å². The largest absolute Gasteiger partial charge is 0.402 e. The third kappa shape index (κ3) is 1.92. The summed E-state index contributed by atoms with van der Waals surface area (Å²) < 4.78 is 0. The number of benzene rings is 1. The van der Waals surface area contributed by atoms with E-state index in [9.17, 15) is 0 Å². The summed E-state index contributed by atoms with van der Waals surface area (Å²) in [7, 11) is 0. The first kappa shape index (κ1) is 12.7. The molecule has 0 bridgehead atoms. The number of nitrogens with two attached hydrogens (primary N) is 2. The number of rotatable bonds is 1. The van der Waals surface area contributed by atoms with E-state index >= 15 is 0 Å². The van der Waals surface area contributed by atoms with Gasteiger partial charge in [0.2, 0.25) is 0 Å². The molecule has 2 heteroatoms. The van der Waals surface area contributed by atoms with E-state index < -0.39 is 0 Å². The van der Waals surface area contributed by atoms with E-state index in [1.54, 1.807) is 0 Å². The molecule has 0 heterocycles. The SMILES string of the molecule is Cc1cc(C2=CC=C(N)C(C)C2(C)C)ccc1N. The van der Waals surface area contributed by atoms with Crippen molar-refractivity contribution in [1.29, 1.82) is 0 Å². The lowest BCUT2D eigenvalue weighted by Crippen LogP contribution is -2.30. The summed E-state index contributed by atoms with van der Waals surface area (Å²) in [6.07, 6.45) is 4.16. The van der Waals surface area contributed by atoms with E-state index in [1.807, 2.05) is 19.1 Å². The first-order valence-electron chi connectivity index (χ1n) is 6.38. The highest BCUT2D eigenvalue weighted by Gasteiger charge is 2.34. The Labute approximate surface area is 109 Å². The Bertz CT molecular complexity index is 536. The van der Waals surface area contributed by atoms with Gasteiger partial charge in [0.05, 0.1) is 0 Å². The summed E-state index contributed by atoms with van der Waals surface area (Å²) in [6, 6.07) is 6.23. The maximum absolute atomic E-state index is 6.04. The van der Waals surface area contributed by atoms with Crippen molar-refractivity contribution < 1.29 is 0 Å². The lowest BCUT2D eigenvalue weighted by molar-refractivity contribution is 0.361. The normalized spacial score (nSPS) is 22.3. The van der Waals surface area contributed by atoms with Crippen LogP contribution in [0, 0.1) is 18.3 Å². The molecule has 1 aromatic rings. The molecule has 0 spiro atoms. The summed E-state index contributed by atoms with van der Waals surface area (Å²) in [5, 5.41) is 0. The molecule has 1 atom stereocenters. The van der Waals surface area contributed by atoms with Crippen molar-refractivity contribution in [2.24, 2.45) is 17.1 Å². The molecule has 0 saturated carbocycles. The molecule has 1 aromatic carbocycles. The maximum Gasteiger partial charge on any atom is 0.0344 e. The van der Waals surface area contributed by atoms with Gasteiger partial charge in [-0.3, -0.25) is 0 Å². The summed E-state index contributed by atoms with van der Waals surface area (Å²) in [6.45, 7) is 8.72. The molecule has 1 unspecified atom stereocenters. The van der Waals surface area contributed by atoms with Gasteiger partial charge in [0.1, 0.15) is 0 Å². The lowest BCUT2D eigenvalue weighted by Gasteiger charge is -2.37. The van der Waals surface area contributed by atoms with Crippen LogP contribution in [0.15, 0.2) is 36.0 Å². The molecule has 0 amide bonds. The second-order valence-corrected chi connectivity index (χ2v) is 5.76. The maximum atomic E-state index is 6.04. The van der Waals surface area contributed by atoms with Crippen molar-refractivity contribution in [3.05, 3.63) is 47.2 Å². The first-order valence-corrected chi connectivity index (χ1v) is 6.38. The molecule has 2 rings (SSSR count). The van der Waals surface area contributed by atoms with Gasteiger partial charge < -0.3 is 11.5 Å². The van der Waals surface area contributed by atoms with Crippen LogP contribution in [0.4, 0.5) is 5.69 Å². The van der Waals surface area contributed by atoms with Crippen molar-refractivity contribution in [1.82, 2.24) is 0 Å². The molecule has 1 aliphatic carbocycles. The van der Waals surface area contributed by atoms with Crippen molar-refractivity contribution in [3.63, 3.8) is 0 Å². The smallest absolute Gasteiger partial charge is 0.0344 e. The van der Waals surface area contributed by atoms with Crippen molar-refractivity contribution in [2.75, 3.05) is 5.73 Å². The number of allylic oxidation sites excluding steroid dienone is 4. The van der Waals surface area contributed by atoms with Gasteiger partial charge in [0.25, 0.3) is 0 Å². The molecular formula is C16H22N2. The van der Waals surface area contributed by atoms with Crippen molar-refractivity contribution >= 4 is 11.3 Å². The van der Waals surface area contributed by atoms with Crippen LogP contribution in [0.2, 0.25) is 0 Å². The van der Waals surface area contributed by atoms with E-state index in [-0.39, 0.29) is 5.41 Å². The Hall–Kier alpha value is -1.70.